The quantitative estimate of drug-likeness (QED) is 0.852. The van der Waals surface area contributed by atoms with Gasteiger partial charge >= 0.3 is 5.97 Å². The van der Waals surface area contributed by atoms with Crippen LogP contribution in [0.15, 0.2) is 4.47 Å². The van der Waals surface area contributed by atoms with Crippen molar-refractivity contribution in [1.82, 2.24) is 0 Å². The van der Waals surface area contributed by atoms with Crippen LogP contribution in [-0.4, -0.2) is 24.3 Å². The summed E-state index contributed by atoms with van der Waals surface area (Å²) in [5.74, 6) is 0.893. The minimum Gasteiger partial charge on any atom is -0.493 e. The van der Waals surface area contributed by atoms with Gasteiger partial charge in [0.15, 0.2) is 0 Å². The summed E-state index contributed by atoms with van der Waals surface area (Å²) in [5.41, 5.74) is 9.46. The first-order valence-corrected chi connectivity index (χ1v) is 8.49. The van der Waals surface area contributed by atoms with Gasteiger partial charge in [-0.05, 0) is 48.0 Å². The maximum atomic E-state index is 10.8. The second-order valence-electron chi connectivity index (χ2n) is 5.79. The lowest BCUT2D eigenvalue weighted by molar-refractivity contribution is -0.137. The zero-order chi connectivity index (χ0) is 15.7. The number of hydrogen-bond donors (Lipinski definition) is 2. The normalized spacial score (nSPS) is 17.7. The first-order valence-electron chi connectivity index (χ1n) is 7.69. The Bertz CT molecular complexity index is 565. The lowest BCUT2D eigenvalue weighted by Crippen LogP contribution is -2.23. The summed E-state index contributed by atoms with van der Waals surface area (Å²) in [6.07, 6.45) is 4.18. The number of rotatable bonds is 4. The number of carboxylic acid groups (broad SMARTS) is 1. The van der Waals surface area contributed by atoms with Crippen LogP contribution in [0.4, 0.5) is 0 Å². The number of nitrogens with two attached hydrogens (primary N) is 1. The van der Waals surface area contributed by atoms with Gasteiger partial charge in [0.2, 0.25) is 0 Å². The largest absolute Gasteiger partial charge is 0.493 e. The molecule has 1 aromatic rings. The maximum Gasteiger partial charge on any atom is 0.303 e. The molecule has 2 aliphatic heterocycles. The zero-order valence-corrected chi connectivity index (χ0v) is 13.9. The highest BCUT2D eigenvalue weighted by Gasteiger charge is 2.30. The molecule has 6 heteroatoms. The highest BCUT2D eigenvalue weighted by Crippen LogP contribution is 2.48. The molecular formula is C16H20BrNO4. The van der Waals surface area contributed by atoms with Crippen molar-refractivity contribution in [3.05, 3.63) is 21.2 Å². The van der Waals surface area contributed by atoms with E-state index in [-0.39, 0.29) is 12.5 Å². The van der Waals surface area contributed by atoms with E-state index in [0.717, 1.165) is 58.3 Å². The number of aliphatic carboxylic acids is 1. The minimum absolute atomic E-state index is 0.0572. The van der Waals surface area contributed by atoms with E-state index >= 15 is 0 Å². The SMILES string of the molecule is NC(CCC(=O)O)c1c2c(c(Br)c3c1OCCC3)OCCC2. The third-order valence-corrected chi connectivity index (χ3v) is 5.10. The van der Waals surface area contributed by atoms with E-state index in [1.807, 2.05) is 0 Å². The maximum absolute atomic E-state index is 10.8. The fourth-order valence-corrected chi connectivity index (χ4v) is 3.97. The van der Waals surface area contributed by atoms with Crippen LogP contribution in [0, 0.1) is 0 Å². The van der Waals surface area contributed by atoms with Crippen LogP contribution in [0.25, 0.3) is 0 Å². The van der Waals surface area contributed by atoms with Crippen molar-refractivity contribution in [2.24, 2.45) is 5.73 Å². The molecule has 0 radical (unpaired) electrons. The van der Waals surface area contributed by atoms with Crippen LogP contribution < -0.4 is 15.2 Å². The fourth-order valence-electron chi connectivity index (χ4n) is 3.24. The van der Waals surface area contributed by atoms with E-state index in [1.165, 1.54) is 0 Å². The summed E-state index contributed by atoms with van der Waals surface area (Å²) in [7, 11) is 0. The van der Waals surface area contributed by atoms with E-state index < -0.39 is 5.97 Å². The van der Waals surface area contributed by atoms with Crippen LogP contribution in [-0.2, 0) is 17.6 Å². The third-order valence-electron chi connectivity index (χ3n) is 4.26. The first kappa shape index (κ1) is 15.6. The molecule has 0 saturated carbocycles. The second-order valence-corrected chi connectivity index (χ2v) is 6.58. The topological polar surface area (TPSA) is 81.8 Å². The molecule has 1 atom stereocenters. The first-order chi connectivity index (χ1) is 10.6. The van der Waals surface area contributed by atoms with Gasteiger partial charge in [0.25, 0.3) is 0 Å². The van der Waals surface area contributed by atoms with Crippen LogP contribution in [0.2, 0.25) is 0 Å². The Kier molecular flexibility index (Phi) is 4.59. The van der Waals surface area contributed by atoms with Gasteiger partial charge in [-0.15, -0.1) is 0 Å². The Hall–Kier alpha value is -1.27. The Balaban J connectivity index is 2.08. The van der Waals surface area contributed by atoms with Crippen LogP contribution in [0.1, 0.15) is 48.4 Å². The van der Waals surface area contributed by atoms with E-state index in [9.17, 15) is 4.79 Å². The molecule has 0 spiro atoms. The molecule has 120 valence electrons. The van der Waals surface area contributed by atoms with Crippen molar-refractivity contribution in [3.63, 3.8) is 0 Å². The number of carbonyl (C=O) groups is 1. The molecule has 1 aromatic carbocycles. The Morgan fingerprint density at radius 3 is 2.50 bits per heavy atom. The molecule has 0 saturated heterocycles. The minimum atomic E-state index is -0.826. The lowest BCUT2D eigenvalue weighted by atomic mass is 9.88. The zero-order valence-electron chi connectivity index (χ0n) is 12.4. The number of ether oxygens (including phenoxy) is 2. The van der Waals surface area contributed by atoms with Gasteiger partial charge < -0.3 is 20.3 Å². The average molecular weight is 370 g/mol. The molecule has 2 heterocycles. The molecule has 1 unspecified atom stereocenters. The van der Waals surface area contributed by atoms with Crippen molar-refractivity contribution in [1.29, 1.82) is 0 Å². The molecule has 0 fully saturated rings. The highest BCUT2D eigenvalue weighted by atomic mass is 79.9. The molecule has 0 amide bonds. The highest BCUT2D eigenvalue weighted by molar-refractivity contribution is 9.10. The van der Waals surface area contributed by atoms with Gasteiger partial charge in [0.05, 0.1) is 17.7 Å². The fraction of sp³-hybridized carbons (Fsp3) is 0.562. The number of halogens is 1. The van der Waals surface area contributed by atoms with Crippen molar-refractivity contribution >= 4 is 21.9 Å². The molecule has 0 aliphatic carbocycles. The van der Waals surface area contributed by atoms with Gasteiger partial charge in [0, 0.05) is 29.2 Å². The van der Waals surface area contributed by atoms with Crippen LogP contribution >= 0.6 is 15.9 Å². The van der Waals surface area contributed by atoms with Crippen LogP contribution in [0.3, 0.4) is 0 Å². The molecule has 22 heavy (non-hydrogen) atoms. The monoisotopic (exact) mass is 369 g/mol. The van der Waals surface area contributed by atoms with Crippen molar-refractivity contribution in [2.75, 3.05) is 13.2 Å². The molecular weight excluding hydrogens is 350 g/mol. The number of hydrogen-bond acceptors (Lipinski definition) is 4. The van der Waals surface area contributed by atoms with Gasteiger partial charge in [-0.25, -0.2) is 0 Å². The molecule has 3 N–H and O–H groups in total. The Morgan fingerprint density at radius 2 is 1.82 bits per heavy atom. The number of benzene rings is 1. The van der Waals surface area contributed by atoms with Gasteiger partial charge in [-0.3, -0.25) is 4.79 Å². The van der Waals surface area contributed by atoms with E-state index in [4.69, 9.17) is 20.3 Å². The van der Waals surface area contributed by atoms with E-state index in [2.05, 4.69) is 15.9 Å². The van der Waals surface area contributed by atoms with Crippen molar-refractivity contribution < 1.29 is 19.4 Å². The number of carboxylic acids is 1. The second kappa shape index (κ2) is 6.46. The van der Waals surface area contributed by atoms with Gasteiger partial charge in [-0.2, -0.15) is 0 Å². The van der Waals surface area contributed by atoms with Crippen molar-refractivity contribution in [2.45, 2.75) is 44.6 Å². The van der Waals surface area contributed by atoms with E-state index in [0.29, 0.717) is 19.6 Å². The lowest BCUT2D eigenvalue weighted by Gasteiger charge is -2.31. The smallest absolute Gasteiger partial charge is 0.303 e. The predicted molar refractivity (Wildman–Crippen MR) is 85.6 cm³/mol. The molecule has 0 bridgehead atoms. The number of fused-ring (bicyclic) bond motifs is 2. The summed E-state index contributed by atoms with van der Waals surface area (Å²) < 4.78 is 12.8. The summed E-state index contributed by atoms with van der Waals surface area (Å²) >= 11 is 3.66. The summed E-state index contributed by atoms with van der Waals surface area (Å²) in [6.45, 7) is 1.38. The van der Waals surface area contributed by atoms with Gasteiger partial charge in [0.1, 0.15) is 11.5 Å². The summed E-state index contributed by atoms with van der Waals surface area (Å²) in [5, 5.41) is 8.91. The molecule has 2 aliphatic rings. The molecule has 0 aromatic heterocycles. The molecule has 5 nitrogen and oxygen atoms in total. The Labute approximate surface area is 137 Å². The predicted octanol–water partition coefficient (Wildman–Crippen LogP) is 2.96. The van der Waals surface area contributed by atoms with Crippen LogP contribution in [0.5, 0.6) is 11.5 Å². The van der Waals surface area contributed by atoms with Crippen molar-refractivity contribution in [3.8, 4) is 11.5 Å². The summed E-state index contributed by atoms with van der Waals surface area (Å²) in [6, 6.07) is -0.341. The standard InChI is InChI=1S/C16H20BrNO4/c17-14-10-4-2-7-21-15(10)13(11(18)5-6-12(19)20)9-3-1-8-22-16(9)14/h11H,1-8,18H2,(H,19,20). The third kappa shape index (κ3) is 2.82. The van der Waals surface area contributed by atoms with E-state index in [1.54, 1.807) is 0 Å². The Morgan fingerprint density at radius 1 is 1.18 bits per heavy atom. The summed E-state index contributed by atoms with van der Waals surface area (Å²) in [4.78, 5) is 10.8. The van der Waals surface area contributed by atoms with Gasteiger partial charge in [-0.1, -0.05) is 0 Å². The molecule has 3 rings (SSSR count). The average Bonchev–Trinajstić information content (AvgIpc) is 2.53.